The van der Waals surface area contributed by atoms with Crippen LogP contribution in [0.2, 0.25) is 0 Å². The number of hydrogen-bond donors (Lipinski definition) is 1. The van der Waals surface area contributed by atoms with Crippen molar-refractivity contribution in [2.45, 2.75) is 58.9 Å². The lowest BCUT2D eigenvalue weighted by Gasteiger charge is -2.37. The number of urea groups is 1. The molecule has 2 aliphatic rings. The van der Waals surface area contributed by atoms with Gasteiger partial charge in [0.1, 0.15) is 0 Å². The number of likely N-dealkylation sites (tertiary alicyclic amines) is 1. The summed E-state index contributed by atoms with van der Waals surface area (Å²) in [6.07, 6.45) is 2.30. The normalized spacial score (nSPS) is 20.5. The third-order valence-electron chi connectivity index (χ3n) is 5.93. The van der Waals surface area contributed by atoms with E-state index in [0.29, 0.717) is 25.3 Å². The van der Waals surface area contributed by atoms with Crippen molar-refractivity contribution < 1.29 is 14.3 Å². The van der Waals surface area contributed by atoms with Gasteiger partial charge < -0.3 is 10.1 Å². The summed E-state index contributed by atoms with van der Waals surface area (Å²) in [6, 6.07) is 7.52. The molecule has 1 aromatic rings. The van der Waals surface area contributed by atoms with E-state index < -0.39 is 6.04 Å². The summed E-state index contributed by atoms with van der Waals surface area (Å²) in [6.45, 7) is 13.6. The molecule has 0 bridgehead atoms. The second kappa shape index (κ2) is 9.21. The summed E-state index contributed by atoms with van der Waals surface area (Å²) in [4.78, 5) is 30.0. The number of amides is 2. The second-order valence-corrected chi connectivity index (χ2v) is 9.06. The highest BCUT2D eigenvalue weighted by Gasteiger charge is 2.38. The van der Waals surface area contributed by atoms with E-state index in [2.05, 4.69) is 43.1 Å². The highest BCUT2D eigenvalue weighted by atomic mass is 16.5. The monoisotopic (exact) mass is 413 g/mol. The van der Waals surface area contributed by atoms with E-state index in [9.17, 15) is 9.59 Å². The number of carbonyl (C=O) groups excluding carboxylic acids is 2. The predicted octanol–water partition coefficient (Wildman–Crippen LogP) is 3.98. The van der Waals surface area contributed by atoms with Gasteiger partial charge in [-0.3, -0.25) is 9.80 Å². The van der Waals surface area contributed by atoms with Gasteiger partial charge >= 0.3 is 12.0 Å². The number of nitrogens with one attached hydrogen (secondary N) is 1. The van der Waals surface area contributed by atoms with Crippen molar-refractivity contribution in [3.05, 3.63) is 46.7 Å². The molecule has 0 spiro atoms. The topological polar surface area (TPSA) is 61.9 Å². The molecule has 0 saturated carbocycles. The fourth-order valence-corrected chi connectivity index (χ4v) is 4.24. The van der Waals surface area contributed by atoms with Gasteiger partial charge in [0, 0.05) is 18.8 Å². The van der Waals surface area contributed by atoms with Crippen LogP contribution in [0.1, 0.15) is 64.6 Å². The standard InChI is InChI=1S/C24H35N3O3/c1-6-27-19(16-26-14-8-9-15-26)20(22(28)30-7-2)21(25-23(27)29)17-10-12-18(13-11-17)24(3,4)5/h10-13,21H,6-9,14-16H2,1-5H3,(H,25,29). The van der Waals surface area contributed by atoms with Crippen LogP contribution < -0.4 is 5.32 Å². The zero-order chi connectivity index (χ0) is 21.9. The molecule has 1 unspecified atom stereocenters. The van der Waals surface area contributed by atoms with Crippen molar-refractivity contribution in [3.63, 3.8) is 0 Å². The van der Waals surface area contributed by atoms with Crippen LogP contribution in [0, 0.1) is 0 Å². The van der Waals surface area contributed by atoms with Gasteiger partial charge in [0.2, 0.25) is 0 Å². The average Bonchev–Trinajstić information content (AvgIpc) is 3.20. The molecular weight excluding hydrogens is 378 g/mol. The summed E-state index contributed by atoms with van der Waals surface area (Å²) in [7, 11) is 0. The maximum Gasteiger partial charge on any atom is 0.338 e. The molecule has 6 nitrogen and oxygen atoms in total. The predicted molar refractivity (Wildman–Crippen MR) is 118 cm³/mol. The van der Waals surface area contributed by atoms with Gasteiger partial charge in [0.05, 0.1) is 18.2 Å². The minimum Gasteiger partial charge on any atom is -0.463 e. The van der Waals surface area contributed by atoms with Crippen LogP contribution >= 0.6 is 0 Å². The van der Waals surface area contributed by atoms with E-state index >= 15 is 0 Å². The summed E-state index contributed by atoms with van der Waals surface area (Å²) in [5, 5.41) is 3.05. The number of ether oxygens (including phenoxy) is 1. The fourth-order valence-electron chi connectivity index (χ4n) is 4.24. The van der Waals surface area contributed by atoms with Gasteiger partial charge in [-0.15, -0.1) is 0 Å². The summed E-state index contributed by atoms with van der Waals surface area (Å²) >= 11 is 0. The molecule has 2 heterocycles. The molecule has 1 atom stereocenters. The quantitative estimate of drug-likeness (QED) is 0.717. The van der Waals surface area contributed by atoms with Gasteiger partial charge in [-0.1, -0.05) is 45.0 Å². The largest absolute Gasteiger partial charge is 0.463 e. The van der Waals surface area contributed by atoms with Crippen molar-refractivity contribution in [2.24, 2.45) is 0 Å². The molecule has 1 fully saturated rings. The second-order valence-electron chi connectivity index (χ2n) is 9.06. The van der Waals surface area contributed by atoms with Crippen LogP contribution in [-0.2, 0) is 14.9 Å². The molecular formula is C24H35N3O3. The van der Waals surface area contributed by atoms with Crippen molar-refractivity contribution in [3.8, 4) is 0 Å². The lowest BCUT2D eigenvalue weighted by atomic mass is 9.85. The first-order valence-corrected chi connectivity index (χ1v) is 11.1. The number of carbonyl (C=O) groups is 2. The van der Waals surface area contributed by atoms with E-state index in [1.807, 2.05) is 26.0 Å². The van der Waals surface area contributed by atoms with Crippen molar-refractivity contribution in [2.75, 3.05) is 32.8 Å². The first kappa shape index (κ1) is 22.3. The minimum absolute atomic E-state index is 0.0358. The smallest absolute Gasteiger partial charge is 0.338 e. The highest BCUT2D eigenvalue weighted by molar-refractivity contribution is 5.95. The van der Waals surface area contributed by atoms with Crippen LogP contribution in [0.5, 0.6) is 0 Å². The summed E-state index contributed by atoms with van der Waals surface area (Å²) in [5.74, 6) is -0.352. The summed E-state index contributed by atoms with van der Waals surface area (Å²) in [5.41, 5.74) is 3.46. The number of rotatable bonds is 6. The third kappa shape index (κ3) is 4.69. The zero-order valence-electron chi connectivity index (χ0n) is 19.0. The Bertz CT molecular complexity index is 802. The number of nitrogens with zero attached hydrogens (tertiary/aromatic N) is 2. The molecule has 1 N–H and O–H groups in total. The van der Waals surface area contributed by atoms with Gasteiger partial charge in [0.15, 0.2) is 0 Å². The molecule has 164 valence electrons. The van der Waals surface area contributed by atoms with Gasteiger partial charge in [-0.2, -0.15) is 0 Å². The van der Waals surface area contributed by atoms with Crippen molar-refractivity contribution in [1.82, 2.24) is 15.1 Å². The number of esters is 1. The summed E-state index contributed by atoms with van der Waals surface area (Å²) < 4.78 is 5.44. The number of hydrogen-bond acceptors (Lipinski definition) is 4. The first-order chi connectivity index (χ1) is 14.3. The minimum atomic E-state index is -0.508. The SMILES string of the molecule is CCOC(=O)C1=C(CN2CCCC2)N(CC)C(=O)NC1c1ccc(C(C)(C)C)cc1. The Morgan fingerprint density at radius 1 is 1.13 bits per heavy atom. The molecule has 2 aliphatic heterocycles. The zero-order valence-corrected chi connectivity index (χ0v) is 19.0. The maximum absolute atomic E-state index is 13.1. The van der Waals surface area contributed by atoms with Gasteiger partial charge in [0.25, 0.3) is 0 Å². The maximum atomic E-state index is 13.1. The Labute approximate surface area is 180 Å². The molecule has 0 aliphatic carbocycles. The molecule has 3 rings (SSSR count). The average molecular weight is 414 g/mol. The van der Waals surface area contributed by atoms with E-state index in [1.54, 1.807) is 4.90 Å². The lowest BCUT2D eigenvalue weighted by molar-refractivity contribution is -0.139. The van der Waals surface area contributed by atoms with Gasteiger partial charge in [-0.05, 0) is 56.3 Å². The fraction of sp³-hybridized carbons (Fsp3) is 0.583. The van der Waals surface area contributed by atoms with Crippen LogP contribution in [0.3, 0.4) is 0 Å². The van der Waals surface area contributed by atoms with E-state index in [4.69, 9.17) is 4.74 Å². The Morgan fingerprint density at radius 2 is 1.77 bits per heavy atom. The highest BCUT2D eigenvalue weighted by Crippen LogP contribution is 2.33. The van der Waals surface area contributed by atoms with Gasteiger partial charge in [-0.25, -0.2) is 9.59 Å². The lowest BCUT2D eigenvalue weighted by Crippen LogP contribution is -2.50. The number of benzene rings is 1. The molecule has 30 heavy (non-hydrogen) atoms. The van der Waals surface area contributed by atoms with E-state index in [-0.39, 0.29) is 17.4 Å². The Kier molecular flexibility index (Phi) is 6.86. The van der Waals surface area contributed by atoms with E-state index in [1.165, 1.54) is 5.56 Å². The molecule has 1 saturated heterocycles. The molecule has 0 radical (unpaired) electrons. The Hall–Kier alpha value is -2.34. The van der Waals surface area contributed by atoms with Crippen LogP contribution in [0.25, 0.3) is 0 Å². The van der Waals surface area contributed by atoms with Crippen LogP contribution in [-0.4, -0.2) is 54.6 Å². The Balaban J connectivity index is 2.06. The molecule has 0 aromatic heterocycles. The molecule has 1 aromatic carbocycles. The van der Waals surface area contributed by atoms with Crippen molar-refractivity contribution in [1.29, 1.82) is 0 Å². The molecule has 2 amide bonds. The van der Waals surface area contributed by atoms with E-state index in [0.717, 1.165) is 37.2 Å². The Morgan fingerprint density at radius 3 is 2.30 bits per heavy atom. The van der Waals surface area contributed by atoms with Crippen molar-refractivity contribution >= 4 is 12.0 Å². The van der Waals surface area contributed by atoms with Crippen LogP contribution in [0.4, 0.5) is 4.79 Å². The third-order valence-corrected chi connectivity index (χ3v) is 5.93. The van der Waals surface area contributed by atoms with Crippen LogP contribution in [0.15, 0.2) is 35.5 Å². The first-order valence-electron chi connectivity index (χ1n) is 11.1. The molecule has 6 heteroatoms. The number of likely N-dealkylation sites (N-methyl/N-ethyl adjacent to an activating group) is 1.